The van der Waals surface area contributed by atoms with Crippen molar-refractivity contribution in [2.75, 3.05) is 0 Å². The first-order valence-corrected chi connectivity index (χ1v) is 4.10. The van der Waals surface area contributed by atoms with Crippen LogP contribution in [0.5, 0.6) is 0 Å². The second kappa shape index (κ2) is 4.19. The molecule has 0 aliphatic carbocycles. The van der Waals surface area contributed by atoms with Crippen molar-refractivity contribution in [3.05, 3.63) is 40.2 Å². The van der Waals surface area contributed by atoms with Crippen LogP contribution in [0.2, 0.25) is 5.02 Å². The highest BCUT2D eigenvalue weighted by molar-refractivity contribution is 6.31. The van der Waals surface area contributed by atoms with Crippen molar-refractivity contribution < 1.29 is 9.18 Å². The zero-order chi connectivity index (χ0) is 9.84. The quantitative estimate of drug-likeness (QED) is 0.528. The number of allylic oxidation sites excluding steroid dienone is 1. The van der Waals surface area contributed by atoms with Gasteiger partial charge >= 0.3 is 0 Å². The molecule has 0 bridgehead atoms. The zero-order valence-corrected chi connectivity index (χ0v) is 7.81. The highest BCUT2D eigenvalue weighted by atomic mass is 35.5. The third-order valence-corrected chi connectivity index (χ3v) is 2.04. The van der Waals surface area contributed by atoms with Crippen LogP contribution in [0.15, 0.2) is 18.2 Å². The Morgan fingerprint density at radius 2 is 2.15 bits per heavy atom. The fraction of sp³-hybridized carbons (Fsp3) is 0.100. The maximum atomic E-state index is 13.1. The van der Waals surface area contributed by atoms with Gasteiger partial charge in [-0.15, -0.1) is 0 Å². The van der Waals surface area contributed by atoms with E-state index in [-0.39, 0.29) is 0 Å². The Labute approximate surface area is 80.8 Å². The molecule has 0 radical (unpaired) electrons. The molecule has 0 unspecified atom stereocenters. The van der Waals surface area contributed by atoms with Gasteiger partial charge in [-0.3, -0.25) is 4.79 Å². The van der Waals surface area contributed by atoms with Crippen LogP contribution in [0.3, 0.4) is 0 Å². The molecule has 1 aromatic carbocycles. The van der Waals surface area contributed by atoms with Gasteiger partial charge in [-0.1, -0.05) is 11.6 Å². The summed E-state index contributed by atoms with van der Waals surface area (Å²) >= 11 is 5.69. The number of carbonyl (C=O) groups excluding carboxylic acids is 1. The number of benzene rings is 1. The molecule has 1 rings (SSSR count). The third kappa shape index (κ3) is 2.39. The minimum Gasteiger partial charge on any atom is -0.299 e. The van der Waals surface area contributed by atoms with Gasteiger partial charge in [0.25, 0.3) is 0 Å². The van der Waals surface area contributed by atoms with Crippen LogP contribution in [0, 0.1) is 12.7 Å². The van der Waals surface area contributed by atoms with Crippen LogP contribution < -0.4 is 0 Å². The molecule has 1 nitrogen and oxygen atoms in total. The molecule has 0 atom stereocenters. The summed E-state index contributed by atoms with van der Waals surface area (Å²) < 4.78 is 13.1. The van der Waals surface area contributed by atoms with E-state index in [0.717, 1.165) is 5.56 Å². The molecule has 0 aliphatic heterocycles. The summed E-state index contributed by atoms with van der Waals surface area (Å²) in [5, 5.41) is 0.390. The number of rotatable bonds is 2. The van der Waals surface area contributed by atoms with E-state index in [0.29, 0.717) is 16.9 Å². The van der Waals surface area contributed by atoms with E-state index >= 15 is 0 Å². The van der Waals surface area contributed by atoms with E-state index in [9.17, 15) is 9.18 Å². The van der Waals surface area contributed by atoms with E-state index in [2.05, 4.69) is 0 Å². The molecule has 0 N–H and O–H groups in total. The van der Waals surface area contributed by atoms with Crippen molar-refractivity contribution in [1.29, 1.82) is 0 Å². The monoisotopic (exact) mass is 198 g/mol. The number of hydrogen-bond acceptors (Lipinski definition) is 1. The highest BCUT2D eigenvalue weighted by Gasteiger charge is 2.02. The third-order valence-electron chi connectivity index (χ3n) is 1.63. The molecule has 0 amide bonds. The molecule has 68 valence electrons. The van der Waals surface area contributed by atoms with Crippen LogP contribution in [-0.2, 0) is 4.79 Å². The summed E-state index contributed by atoms with van der Waals surface area (Å²) in [6, 6.07) is 2.83. The van der Waals surface area contributed by atoms with Crippen molar-refractivity contribution in [3.8, 4) is 0 Å². The Hall–Kier alpha value is -1.15. The number of hydrogen-bond donors (Lipinski definition) is 0. The summed E-state index contributed by atoms with van der Waals surface area (Å²) in [6.45, 7) is 1.78. The average molecular weight is 199 g/mol. The van der Waals surface area contributed by atoms with Gasteiger partial charge in [0, 0.05) is 10.6 Å². The molecule has 0 heterocycles. The van der Waals surface area contributed by atoms with Gasteiger partial charge in [0.05, 0.1) is 0 Å². The smallest absolute Gasteiger partial charge is 0.142 e. The minimum atomic E-state index is -0.422. The predicted octanol–water partition coefficient (Wildman–Crippen LogP) is 3.00. The van der Waals surface area contributed by atoms with Crippen LogP contribution >= 0.6 is 11.6 Å². The molecule has 0 saturated carbocycles. The molecule has 0 saturated heterocycles. The van der Waals surface area contributed by atoms with Gasteiger partial charge < -0.3 is 0 Å². The molecule has 0 aromatic heterocycles. The molecule has 0 fully saturated rings. The first-order chi connectivity index (χ1) is 6.15. The van der Waals surface area contributed by atoms with E-state index in [1.165, 1.54) is 18.2 Å². The number of carbonyl (C=O) groups is 1. The number of aryl methyl sites for hydroxylation is 1. The number of aldehydes is 1. The Morgan fingerprint density at radius 3 is 2.77 bits per heavy atom. The molecular formula is C10H8ClFO. The van der Waals surface area contributed by atoms with Crippen LogP contribution in [0.1, 0.15) is 11.1 Å². The maximum Gasteiger partial charge on any atom is 0.142 e. The fourth-order valence-electron chi connectivity index (χ4n) is 0.950. The molecule has 0 spiro atoms. The standard InChI is InChI=1S/C10H8ClFO/c1-7-5-8(3-2-4-13)10(12)6-9(7)11/h2-6H,1H3. The molecule has 1 aromatic rings. The van der Waals surface area contributed by atoms with Crippen LogP contribution in [0.25, 0.3) is 6.08 Å². The topological polar surface area (TPSA) is 17.1 Å². The summed E-state index contributed by atoms with van der Waals surface area (Å²) in [5.41, 5.74) is 1.16. The molecule has 13 heavy (non-hydrogen) atoms. The van der Waals surface area contributed by atoms with Crippen molar-refractivity contribution in [1.82, 2.24) is 0 Å². The van der Waals surface area contributed by atoms with Gasteiger partial charge in [-0.25, -0.2) is 4.39 Å². The first-order valence-electron chi connectivity index (χ1n) is 3.72. The van der Waals surface area contributed by atoms with Gasteiger partial charge in [0.2, 0.25) is 0 Å². The van der Waals surface area contributed by atoms with Crippen molar-refractivity contribution in [3.63, 3.8) is 0 Å². The van der Waals surface area contributed by atoms with Crippen LogP contribution in [-0.4, -0.2) is 6.29 Å². The lowest BCUT2D eigenvalue weighted by atomic mass is 10.1. The minimum absolute atomic E-state index is 0.369. The predicted molar refractivity (Wildman–Crippen MR) is 51.2 cm³/mol. The summed E-state index contributed by atoms with van der Waals surface area (Å²) in [6.07, 6.45) is 3.25. The van der Waals surface area contributed by atoms with Crippen molar-refractivity contribution >= 4 is 24.0 Å². The molecular weight excluding hydrogens is 191 g/mol. The largest absolute Gasteiger partial charge is 0.299 e. The van der Waals surface area contributed by atoms with Gasteiger partial charge in [0.15, 0.2) is 0 Å². The van der Waals surface area contributed by atoms with E-state index in [1.54, 1.807) is 13.0 Å². The van der Waals surface area contributed by atoms with E-state index in [4.69, 9.17) is 11.6 Å². The van der Waals surface area contributed by atoms with Crippen LogP contribution in [0.4, 0.5) is 4.39 Å². The first kappa shape index (κ1) is 9.93. The van der Waals surface area contributed by atoms with Gasteiger partial charge in [-0.05, 0) is 36.8 Å². The van der Waals surface area contributed by atoms with E-state index in [1.807, 2.05) is 0 Å². The van der Waals surface area contributed by atoms with E-state index < -0.39 is 5.82 Å². The summed E-state index contributed by atoms with van der Waals surface area (Å²) in [7, 11) is 0. The normalized spacial score (nSPS) is 10.7. The van der Waals surface area contributed by atoms with Crippen molar-refractivity contribution in [2.24, 2.45) is 0 Å². The SMILES string of the molecule is Cc1cc(C=CC=O)c(F)cc1Cl. The van der Waals surface area contributed by atoms with Gasteiger partial charge in [-0.2, -0.15) is 0 Å². The maximum absolute atomic E-state index is 13.1. The average Bonchev–Trinajstić information content (AvgIpc) is 2.09. The Balaban J connectivity index is 3.15. The Bertz CT molecular complexity index is 358. The lowest BCUT2D eigenvalue weighted by Gasteiger charge is -2.00. The second-order valence-corrected chi connectivity index (χ2v) is 3.03. The summed E-state index contributed by atoms with van der Waals surface area (Å²) in [4.78, 5) is 10.0. The summed E-state index contributed by atoms with van der Waals surface area (Å²) in [5.74, 6) is -0.422. The molecule has 0 aliphatic rings. The second-order valence-electron chi connectivity index (χ2n) is 2.62. The Kier molecular flexibility index (Phi) is 3.20. The number of halogens is 2. The lowest BCUT2D eigenvalue weighted by molar-refractivity contribution is -0.104. The lowest BCUT2D eigenvalue weighted by Crippen LogP contribution is -1.85. The van der Waals surface area contributed by atoms with Gasteiger partial charge in [0.1, 0.15) is 12.1 Å². The molecule has 3 heteroatoms. The fourth-order valence-corrected chi connectivity index (χ4v) is 1.10. The Morgan fingerprint density at radius 1 is 1.46 bits per heavy atom. The van der Waals surface area contributed by atoms with Crippen molar-refractivity contribution in [2.45, 2.75) is 6.92 Å². The zero-order valence-electron chi connectivity index (χ0n) is 7.05. The highest BCUT2D eigenvalue weighted by Crippen LogP contribution is 2.20.